The number of nitrogens with one attached hydrogen (secondary N) is 1. The molecular formula is C21H23NO3. The van der Waals surface area contributed by atoms with E-state index in [1.807, 2.05) is 57.2 Å². The second-order valence-electron chi connectivity index (χ2n) is 6.29. The summed E-state index contributed by atoms with van der Waals surface area (Å²) in [7, 11) is 0. The molecule has 0 aliphatic rings. The molecule has 130 valence electrons. The van der Waals surface area contributed by atoms with E-state index in [-0.39, 0.29) is 12.5 Å². The van der Waals surface area contributed by atoms with E-state index in [4.69, 9.17) is 9.15 Å². The van der Waals surface area contributed by atoms with Gasteiger partial charge in [0, 0.05) is 18.4 Å². The van der Waals surface area contributed by atoms with Crippen molar-refractivity contribution in [2.75, 3.05) is 13.2 Å². The molecule has 1 heterocycles. The lowest BCUT2D eigenvalue weighted by Crippen LogP contribution is -2.30. The van der Waals surface area contributed by atoms with Crippen LogP contribution in [0.4, 0.5) is 0 Å². The summed E-state index contributed by atoms with van der Waals surface area (Å²) in [6.07, 6.45) is 0.656. The van der Waals surface area contributed by atoms with E-state index in [1.54, 1.807) is 0 Å². The lowest BCUT2D eigenvalue weighted by atomic mass is 10.1. The van der Waals surface area contributed by atoms with Crippen LogP contribution in [0.3, 0.4) is 0 Å². The minimum absolute atomic E-state index is 0.0191. The van der Waals surface area contributed by atoms with Crippen LogP contribution < -0.4 is 10.1 Å². The molecule has 0 radical (unpaired) electrons. The van der Waals surface area contributed by atoms with Gasteiger partial charge in [-0.1, -0.05) is 30.3 Å². The summed E-state index contributed by atoms with van der Waals surface area (Å²) in [4.78, 5) is 12.0. The van der Waals surface area contributed by atoms with E-state index < -0.39 is 0 Å². The van der Waals surface area contributed by atoms with Gasteiger partial charge in [-0.3, -0.25) is 4.79 Å². The SMILES string of the molecule is Cc1ccc(C)c(OCC(=O)NCCc2cc3ccccc3o2)c1C. The van der Waals surface area contributed by atoms with Crippen molar-refractivity contribution in [3.05, 3.63) is 64.9 Å². The number of carbonyl (C=O) groups excluding carboxylic acids is 1. The van der Waals surface area contributed by atoms with Crippen molar-refractivity contribution in [3.63, 3.8) is 0 Å². The number of rotatable bonds is 6. The van der Waals surface area contributed by atoms with Crippen LogP contribution in [0, 0.1) is 20.8 Å². The number of aryl methyl sites for hydroxylation is 2. The Morgan fingerprint density at radius 2 is 1.84 bits per heavy atom. The third-order valence-corrected chi connectivity index (χ3v) is 4.39. The molecule has 0 unspecified atom stereocenters. The molecule has 0 aliphatic carbocycles. The maximum absolute atomic E-state index is 12.0. The topological polar surface area (TPSA) is 51.5 Å². The van der Waals surface area contributed by atoms with Crippen LogP contribution in [0.5, 0.6) is 5.75 Å². The molecule has 1 aromatic heterocycles. The third-order valence-electron chi connectivity index (χ3n) is 4.39. The van der Waals surface area contributed by atoms with Gasteiger partial charge in [-0.25, -0.2) is 0 Å². The first-order chi connectivity index (χ1) is 12.0. The fourth-order valence-electron chi connectivity index (χ4n) is 2.82. The van der Waals surface area contributed by atoms with Crippen molar-refractivity contribution in [2.45, 2.75) is 27.2 Å². The maximum atomic E-state index is 12.0. The van der Waals surface area contributed by atoms with Gasteiger partial charge in [-0.05, 0) is 49.6 Å². The highest BCUT2D eigenvalue weighted by atomic mass is 16.5. The molecule has 1 N–H and O–H groups in total. The lowest BCUT2D eigenvalue weighted by molar-refractivity contribution is -0.123. The molecule has 3 rings (SSSR count). The van der Waals surface area contributed by atoms with Crippen LogP contribution in [0.2, 0.25) is 0 Å². The molecule has 0 bridgehead atoms. The van der Waals surface area contributed by atoms with Gasteiger partial charge in [-0.2, -0.15) is 0 Å². The average molecular weight is 337 g/mol. The smallest absolute Gasteiger partial charge is 0.257 e. The Hall–Kier alpha value is -2.75. The van der Waals surface area contributed by atoms with E-state index in [0.29, 0.717) is 13.0 Å². The zero-order valence-electron chi connectivity index (χ0n) is 14.9. The molecule has 0 atom stereocenters. The molecule has 25 heavy (non-hydrogen) atoms. The minimum atomic E-state index is -0.128. The summed E-state index contributed by atoms with van der Waals surface area (Å²) in [6, 6.07) is 14.0. The maximum Gasteiger partial charge on any atom is 0.257 e. The second kappa shape index (κ2) is 7.43. The fourth-order valence-corrected chi connectivity index (χ4v) is 2.82. The minimum Gasteiger partial charge on any atom is -0.483 e. The van der Waals surface area contributed by atoms with Crippen molar-refractivity contribution in [1.29, 1.82) is 0 Å². The molecule has 2 aromatic carbocycles. The molecule has 0 saturated heterocycles. The number of benzene rings is 2. The number of para-hydroxylation sites is 1. The summed E-state index contributed by atoms with van der Waals surface area (Å²) in [5, 5.41) is 3.96. The first-order valence-electron chi connectivity index (χ1n) is 8.48. The summed E-state index contributed by atoms with van der Waals surface area (Å²) in [5.41, 5.74) is 4.15. The van der Waals surface area contributed by atoms with Gasteiger partial charge in [0.05, 0.1) is 0 Å². The third kappa shape index (κ3) is 4.02. The number of ether oxygens (including phenoxy) is 1. The predicted octanol–water partition coefficient (Wildman–Crippen LogP) is 4.10. The molecule has 0 fully saturated rings. The fraction of sp³-hybridized carbons (Fsp3) is 0.286. The van der Waals surface area contributed by atoms with Crippen LogP contribution in [-0.2, 0) is 11.2 Å². The molecular weight excluding hydrogens is 314 g/mol. The average Bonchev–Trinajstić information content (AvgIpc) is 3.01. The van der Waals surface area contributed by atoms with Crippen LogP contribution >= 0.6 is 0 Å². The van der Waals surface area contributed by atoms with Crippen LogP contribution in [-0.4, -0.2) is 19.1 Å². The van der Waals surface area contributed by atoms with Gasteiger partial charge in [0.15, 0.2) is 6.61 Å². The molecule has 0 spiro atoms. The Kier molecular flexibility index (Phi) is 5.08. The normalized spacial score (nSPS) is 10.8. The number of hydrogen-bond donors (Lipinski definition) is 1. The van der Waals surface area contributed by atoms with E-state index in [0.717, 1.165) is 39.2 Å². The van der Waals surface area contributed by atoms with E-state index in [2.05, 4.69) is 11.4 Å². The highest BCUT2D eigenvalue weighted by molar-refractivity contribution is 5.78. The Morgan fingerprint density at radius 1 is 1.08 bits per heavy atom. The quantitative estimate of drug-likeness (QED) is 0.737. The van der Waals surface area contributed by atoms with Gasteiger partial charge in [0.2, 0.25) is 0 Å². The summed E-state index contributed by atoms with van der Waals surface area (Å²) >= 11 is 0. The second-order valence-corrected chi connectivity index (χ2v) is 6.29. The first-order valence-corrected chi connectivity index (χ1v) is 8.48. The van der Waals surface area contributed by atoms with Gasteiger partial charge < -0.3 is 14.5 Å². The van der Waals surface area contributed by atoms with Gasteiger partial charge in [0.25, 0.3) is 5.91 Å². The summed E-state index contributed by atoms with van der Waals surface area (Å²) < 4.78 is 11.5. The number of fused-ring (bicyclic) bond motifs is 1. The van der Waals surface area contributed by atoms with Crippen molar-refractivity contribution in [2.24, 2.45) is 0 Å². The van der Waals surface area contributed by atoms with E-state index >= 15 is 0 Å². The monoisotopic (exact) mass is 337 g/mol. The predicted molar refractivity (Wildman–Crippen MR) is 99.1 cm³/mol. The molecule has 0 saturated carbocycles. The standard InChI is InChI=1S/C21H23NO3/c1-14-8-9-15(2)21(16(14)3)24-13-20(23)22-11-10-18-12-17-6-4-5-7-19(17)25-18/h4-9,12H,10-11,13H2,1-3H3,(H,22,23). The number of furan rings is 1. The van der Waals surface area contributed by atoms with Crippen molar-refractivity contribution in [1.82, 2.24) is 5.32 Å². The Bertz CT molecular complexity index is 862. The number of amides is 1. The van der Waals surface area contributed by atoms with Crippen LogP contribution in [0.25, 0.3) is 11.0 Å². The molecule has 4 nitrogen and oxygen atoms in total. The zero-order valence-corrected chi connectivity index (χ0v) is 14.9. The molecule has 4 heteroatoms. The van der Waals surface area contributed by atoms with Gasteiger partial charge in [-0.15, -0.1) is 0 Å². The van der Waals surface area contributed by atoms with E-state index in [1.165, 1.54) is 0 Å². The Balaban J connectivity index is 1.49. The summed E-state index contributed by atoms with van der Waals surface area (Å²) in [6.45, 7) is 6.58. The van der Waals surface area contributed by atoms with Crippen molar-refractivity contribution in [3.8, 4) is 5.75 Å². The van der Waals surface area contributed by atoms with Crippen LogP contribution in [0.1, 0.15) is 22.5 Å². The largest absolute Gasteiger partial charge is 0.483 e. The highest BCUT2D eigenvalue weighted by Crippen LogP contribution is 2.25. The van der Waals surface area contributed by atoms with Crippen molar-refractivity contribution < 1.29 is 13.9 Å². The van der Waals surface area contributed by atoms with Crippen molar-refractivity contribution >= 4 is 16.9 Å². The molecule has 1 amide bonds. The van der Waals surface area contributed by atoms with Crippen LogP contribution in [0.15, 0.2) is 46.9 Å². The first kappa shape index (κ1) is 17.1. The Labute approximate surface area is 147 Å². The highest BCUT2D eigenvalue weighted by Gasteiger charge is 2.09. The van der Waals surface area contributed by atoms with Gasteiger partial charge in [0.1, 0.15) is 17.1 Å². The molecule has 3 aromatic rings. The number of carbonyl (C=O) groups is 1. The molecule has 0 aliphatic heterocycles. The summed E-state index contributed by atoms with van der Waals surface area (Å²) in [5.74, 6) is 1.54. The number of hydrogen-bond acceptors (Lipinski definition) is 3. The Morgan fingerprint density at radius 3 is 2.64 bits per heavy atom. The van der Waals surface area contributed by atoms with E-state index in [9.17, 15) is 4.79 Å². The van der Waals surface area contributed by atoms with Gasteiger partial charge >= 0.3 is 0 Å². The zero-order chi connectivity index (χ0) is 17.8. The lowest BCUT2D eigenvalue weighted by Gasteiger charge is -2.13.